The first-order valence-electron chi connectivity index (χ1n) is 10.8. The summed E-state index contributed by atoms with van der Waals surface area (Å²) in [6.45, 7) is 1.63. The summed E-state index contributed by atoms with van der Waals surface area (Å²) < 4.78 is 68.0. The maximum absolute atomic E-state index is 12.8. The molecule has 1 heterocycles. The van der Waals surface area contributed by atoms with Gasteiger partial charge in [0.05, 0.1) is 17.1 Å². The Kier molecular flexibility index (Phi) is 7.15. The van der Waals surface area contributed by atoms with Crippen molar-refractivity contribution in [2.75, 3.05) is 5.73 Å². The molecule has 0 fully saturated rings. The van der Waals surface area contributed by atoms with Gasteiger partial charge in [-0.05, 0) is 54.4 Å². The van der Waals surface area contributed by atoms with Crippen LogP contribution in [-0.4, -0.2) is 35.7 Å². The molecule has 14 heteroatoms. The molecule has 38 heavy (non-hydrogen) atoms. The largest absolute Gasteiger partial charge is 0.399 e. The third kappa shape index (κ3) is 5.78. The zero-order valence-electron chi connectivity index (χ0n) is 19.7. The average molecular weight is 556 g/mol. The normalized spacial score (nSPS) is 12.5. The minimum atomic E-state index is -4.75. The van der Waals surface area contributed by atoms with Gasteiger partial charge in [-0.1, -0.05) is 42.5 Å². The van der Waals surface area contributed by atoms with Crippen LogP contribution in [0.4, 0.5) is 17.1 Å². The number of aromatic amines is 1. The Morgan fingerprint density at radius 2 is 1.42 bits per heavy atom. The second-order valence-corrected chi connectivity index (χ2v) is 10.8. The van der Waals surface area contributed by atoms with Crippen molar-refractivity contribution in [2.24, 2.45) is 10.2 Å². The third-order valence-corrected chi connectivity index (χ3v) is 7.17. The van der Waals surface area contributed by atoms with Crippen LogP contribution in [0.2, 0.25) is 0 Å². The van der Waals surface area contributed by atoms with Crippen LogP contribution in [0.1, 0.15) is 16.8 Å². The zero-order valence-corrected chi connectivity index (χ0v) is 21.3. The quantitative estimate of drug-likeness (QED) is 0.113. The molecule has 0 saturated carbocycles. The lowest BCUT2D eigenvalue weighted by Crippen LogP contribution is -2.13. The maximum atomic E-state index is 12.8. The lowest BCUT2D eigenvalue weighted by Gasteiger charge is -2.06. The van der Waals surface area contributed by atoms with Crippen molar-refractivity contribution in [1.29, 1.82) is 0 Å². The maximum Gasteiger partial charge on any atom is 0.299 e. The second-order valence-electron chi connectivity index (χ2n) is 8.06. The van der Waals surface area contributed by atoms with E-state index in [2.05, 4.69) is 15.3 Å². The number of nitrogen functional groups attached to an aromatic ring is 1. The molecule has 0 unspecified atom stereocenters. The van der Waals surface area contributed by atoms with Crippen molar-refractivity contribution in [3.8, 4) is 5.69 Å². The van der Waals surface area contributed by atoms with Gasteiger partial charge in [-0.3, -0.25) is 19.0 Å². The minimum Gasteiger partial charge on any atom is -0.399 e. The van der Waals surface area contributed by atoms with Gasteiger partial charge in [0.15, 0.2) is 5.69 Å². The summed E-state index contributed by atoms with van der Waals surface area (Å²) in [6, 6.07) is 16.3. The topological polar surface area (TPSA) is 197 Å². The number of rotatable bonds is 7. The number of para-hydroxylation sites is 1. The lowest BCUT2D eigenvalue weighted by atomic mass is 10.1. The Bertz CT molecular complexity index is 1860. The third-order valence-electron chi connectivity index (χ3n) is 5.35. The molecule has 0 bridgehead atoms. The molecule has 0 aliphatic carbocycles. The molecular formula is C24H21N5O7S2. The Hall–Kier alpha value is -4.37. The molecule has 5 N–H and O–H groups in total. The summed E-state index contributed by atoms with van der Waals surface area (Å²) in [4.78, 5) is 11.8. The number of azo groups is 1. The van der Waals surface area contributed by atoms with Gasteiger partial charge in [0.2, 0.25) is 0 Å². The van der Waals surface area contributed by atoms with Crippen molar-refractivity contribution >= 4 is 49.5 Å². The standard InChI is InChI=1S/C24H21N5O7S2/c1-15-23(24(30)29(28-15)20-5-3-2-4-6-20)27-26-19-12-10-17(22(14-19)38(34,35)36)8-7-16-9-11-18(25)13-21(16)37(31,32)33/h2-14,28H,25H2,1H3,(H,31,32,33)(H,34,35,36). The van der Waals surface area contributed by atoms with E-state index in [4.69, 9.17) is 5.73 Å². The highest BCUT2D eigenvalue weighted by Gasteiger charge is 2.18. The van der Waals surface area contributed by atoms with E-state index >= 15 is 0 Å². The van der Waals surface area contributed by atoms with E-state index in [1.165, 1.54) is 41.1 Å². The monoisotopic (exact) mass is 555 g/mol. The Balaban J connectivity index is 1.71. The number of hydrogen-bond donors (Lipinski definition) is 4. The van der Waals surface area contributed by atoms with Crippen LogP contribution >= 0.6 is 0 Å². The van der Waals surface area contributed by atoms with Gasteiger partial charge < -0.3 is 5.73 Å². The number of nitrogens with two attached hydrogens (primary N) is 1. The van der Waals surface area contributed by atoms with Crippen molar-refractivity contribution in [2.45, 2.75) is 16.7 Å². The van der Waals surface area contributed by atoms with E-state index < -0.39 is 35.6 Å². The van der Waals surface area contributed by atoms with Crippen LogP contribution in [0.5, 0.6) is 0 Å². The Morgan fingerprint density at radius 1 is 0.842 bits per heavy atom. The Morgan fingerprint density at radius 3 is 2.03 bits per heavy atom. The minimum absolute atomic E-state index is 0.00572. The van der Waals surface area contributed by atoms with Gasteiger partial charge in [-0.25, -0.2) is 4.68 Å². The van der Waals surface area contributed by atoms with Crippen molar-refractivity contribution in [3.05, 3.63) is 93.9 Å². The van der Waals surface area contributed by atoms with Crippen molar-refractivity contribution in [3.63, 3.8) is 0 Å². The van der Waals surface area contributed by atoms with Gasteiger partial charge in [0.25, 0.3) is 25.8 Å². The molecule has 12 nitrogen and oxygen atoms in total. The van der Waals surface area contributed by atoms with Crippen LogP contribution < -0.4 is 11.3 Å². The van der Waals surface area contributed by atoms with Gasteiger partial charge in [-0.2, -0.15) is 21.9 Å². The summed E-state index contributed by atoms with van der Waals surface area (Å²) in [5.74, 6) is 0. The first-order chi connectivity index (χ1) is 17.8. The number of benzene rings is 3. The molecule has 0 radical (unpaired) electrons. The van der Waals surface area contributed by atoms with E-state index in [0.717, 1.165) is 12.1 Å². The Labute approximate surface area is 217 Å². The van der Waals surface area contributed by atoms with E-state index in [9.17, 15) is 30.7 Å². The fraction of sp³-hybridized carbons (Fsp3) is 0.0417. The number of hydrogen-bond acceptors (Lipinski definition) is 8. The van der Waals surface area contributed by atoms with E-state index in [-0.39, 0.29) is 28.2 Å². The molecule has 1 aromatic heterocycles. The highest BCUT2D eigenvalue weighted by molar-refractivity contribution is 7.86. The molecule has 0 amide bonds. The molecule has 0 saturated heterocycles. The summed E-state index contributed by atoms with van der Waals surface area (Å²) in [5, 5.41) is 10.8. The predicted octanol–water partition coefficient (Wildman–Crippen LogP) is 4.14. The van der Waals surface area contributed by atoms with Gasteiger partial charge in [0.1, 0.15) is 9.79 Å². The zero-order chi connectivity index (χ0) is 27.7. The summed E-state index contributed by atoms with van der Waals surface area (Å²) in [7, 11) is -9.37. The molecule has 4 aromatic rings. The molecule has 3 aromatic carbocycles. The molecule has 0 aliphatic rings. The summed E-state index contributed by atoms with van der Waals surface area (Å²) >= 11 is 0. The lowest BCUT2D eigenvalue weighted by molar-refractivity contribution is 0.480. The van der Waals surface area contributed by atoms with Crippen molar-refractivity contribution in [1.82, 2.24) is 9.78 Å². The van der Waals surface area contributed by atoms with Gasteiger partial charge in [-0.15, -0.1) is 5.11 Å². The van der Waals surface area contributed by atoms with Crippen LogP contribution in [0.15, 0.2) is 91.5 Å². The summed E-state index contributed by atoms with van der Waals surface area (Å²) in [6.07, 6.45) is 2.47. The number of aromatic nitrogens is 2. The SMILES string of the molecule is Cc1[nH]n(-c2ccccc2)c(=O)c1N=Nc1ccc(C=Cc2ccc(N)cc2S(=O)(=O)O)c(S(=O)(=O)O)c1. The number of anilines is 1. The van der Waals surface area contributed by atoms with Crippen LogP contribution in [0.25, 0.3) is 17.8 Å². The fourth-order valence-electron chi connectivity index (χ4n) is 3.56. The molecule has 0 aliphatic heterocycles. The first kappa shape index (κ1) is 26.7. The number of nitrogens with zero attached hydrogens (tertiary/aromatic N) is 3. The second kappa shape index (κ2) is 10.2. The van der Waals surface area contributed by atoms with Crippen LogP contribution in [0.3, 0.4) is 0 Å². The van der Waals surface area contributed by atoms with Crippen LogP contribution in [-0.2, 0) is 20.2 Å². The summed E-state index contributed by atoms with van der Waals surface area (Å²) in [5.41, 5.74) is 6.29. The van der Waals surface area contributed by atoms with Gasteiger partial charge in [0, 0.05) is 5.69 Å². The van der Waals surface area contributed by atoms with E-state index in [0.29, 0.717) is 11.4 Å². The predicted molar refractivity (Wildman–Crippen MR) is 141 cm³/mol. The van der Waals surface area contributed by atoms with Gasteiger partial charge >= 0.3 is 0 Å². The highest BCUT2D eigenvalue weighted by atomic mass is 32.2. The molecule has 196 valence electrons. The van der Waals surface area contributed by atoms with Crippen LogP contribution in [0, 0.1) is 6.92 Å². The number of nitrogens with one attached hydrogen (secondary N) is 1. The molecule has 0 spiro atoms. The average Bonchev–Trinajstić information content (AvgIpc) is 3.14. The smallest absolute Gasteiger partial charge is 0.299 e. The number of H-pyrrole nitrogens is 1. The van der Waals surface area contributed by atoms with Crippen molar-refractivity contribution < 1.29 is 25.9 Å². The molecule has 4 rings (SSSR count). The highest BCUT2D eigenvalue weighted by Crippen LogP contribution is 2.27. The number of aryl methyl sites for hydroxylation is 1. The molecular weight excluding hydrogens is 534 g/mol. The first-order valence-corrected chi connectivity index (χ1v) is 13.7. The van der Waals surface area contributed by atoms with E-state index in [1.54, 1.807) is 37.3 Å². The molecule has 0 atom stereocenters. The van der Waals surface area contributed by atoms with E-state index in [1.807, 2.05) is 0 Å². The fourth-order valence-corrected chi connectivity index (χ4v) is 4.98.